The summed E-state index contributed by atoms with van der Waals surface area (Å²) in [5.74, 6) is 0.347. The van der Waals surface area contributed by atoms with Crippen LogP contribution in [0.2, 0.25) is 0 Å². The van der Waals surface area contributed by atoms with E-state index in [9.17, 15) is 9.59 Å². The number of likely N-dealkylation sites (N-methyl/N-ethyl adjacent to an activating group) is 1. The number of likely N-dealkylation sites (tertiary alicyclic amines) is 1. The van der Waals surface area contributed by atoms with Gasteiger partial charge in [0.25, 0.3) is 0 Å². The molecule has 0 spiro atoms. The van der Waals surface area contributed by atoms with Crippen LogP contribution in [0.25, 0.3) is 11.1 Å². The molecule has 30 heavy (non-hydrogen) atoms. The molecule has 2 aromatic carbocycles. The van der Waals surface area contributed by atoms with Crippen LogP contribution in [0.4, 0.5) is 0 Å². The van der Waals surface area contributed by atoms with E-state index in [1.54, 1.807) is 7.05 Å². The fourth-order valence-electron chi connectivity index (χ4n) is 5.06. The monoisotopic (exact) mass is 402 g/mol. The summed E-state index contributed by atoms with van der Waals surface area (Å²) in [6.07, 6.45) is 8.96. The zero-order valence-electron chi connectivity index (χ0n) is 17.6. The standard InChI is InChI=1S/C26H30N2O2/c1-27-25(30)26(16-9-17-28(26)24(29)18-20-10-5-6-11-20)19-22-14-7-8-15-23(22)21-12-3-2-4-13-21/h2-5,7-8,10,12-15,20H,6,9,11,16-19H2,1H3,(H,27,30). The molecule has 2 amide bonds. The molecule has 0 saturated carbocycles. The van der Waals surface area contributed by atoms with E-state index in [1.807, 2.05) is 35.2 Å². The van der Waals surface area contributed by atoms with Crippen molar-refractivity contribution < 1.29 is 9.59 Å². The Balaban J connectivity index is 1.67. The molecule has 4 nitrogen and oxygen atoms in total. The average molecular weight is 403 g/mol. The van der Waals surface area contributed by atoms with Crippen LogP contribution < -0.4 is 5.32 Å². The Morgan fingerprint density at radius 1 is 1.10 bits per heavy atom. The molecule has 0 bridgehead atoms. The van der Waals surface area contributed by atoms with Gasteiger partial charge in [-0.25, -0.2) is 0 Å². The van der Waals surface area contributed by atoms with Gasteiger partial charge < -0.3 is 10.2 Å². The van der Waals surface area contributed by atoms with Gasteiger partial charge in [0.05, 0.1) is 0 Å². The van der Waals surface area contributed by atoms with E-state index >= 15 is 0 Å². The van der Waals surface area contributed by atoms with Crippen molar-refractivity contribution >= 4 is 11.8 Å². The lowest BCUT2D eigenvalue weighted by molar-refractivity contribution is -0.145. The summed E-state index contributed by atoms with van der Waals surface area (Å²) in [6.45, 7) is 0.649. The highest BCUT2D eigenvalue weighted by atomic mass is 16.2. The summed E-state index contributed by atoms with van der Waals surface area (Å²) in [4.78, 5) is 28.4. The molecule has 4 rings (SSSR count). The number of hydrogen-bond acceptors (Lipinski definition) is 2. The highest BCUT2D eigenvalue weighted by Crippen LogP contribution is 2.37. The highest BCUT2D eigenvalue weighted by Gasteiger charge is 2.49. The molecule has 2 atom stereocenters. The maximum atomic E-state index is 13.3. The topological polar surface area (TPSA) is 49.4 Å². The molecule has 1 aliphatic heterocycles. The normalized spacial score (nSPS) is 23.0. The van der Waals surface area contributed by atoms with E-state index in [0.717, 1.165) is 36.0 Å². The van der Waals surface area contributed by atoms with Crippen LogP contribution in [-0.4, -0.2) is 35.8 Å². The quantitative estimate of drug-likeness (QED) is 0.730. The van der Waals surface area contributed by atoms with Gasteiger partial charge in [0, 0.05) is 26.4 Å². The number of rotatable bonds is 6. The molecule has 2 aliphatic rings. The van der Waals surface area contributed by atoms with Crippen molar-refractivity contribution in [2.45, 2.75) is 44.1 Å². The smallest absolute Gasteiger partial charge is 0.246 e. The van der Waals surface area contributed by atoms with Gasteiger partial charge in [-0.1, -0.05) is 66.7 Å². The zero-order valence-corrected chi connectivity index (χ0v) is 17.6. The zero-order chi connectivity index (χ0) is 21.0. The number of amides is 2. The fourth-order valence-corrected chi connectivity index (χ4v) is 5.06. The SMILES string of the molecule is CNC(=O)C1(Cc2ccccc2-c2ccccc2)CCCN1C(=O)CC1C=CCC1. The third-order valence-corrected chi connectivity index (χ3v) is 6.57. The van der Waals surface area contributed by atoms with Crippen LogP contribution in [0.15, 0.2) is 66.7 Å². The fraction of sp³-hybridized carbons (Fsp3) is 0.385. The molecule has 1 saturated heterocycles. The highest BCUT2D eigenvalue weighted by molar-refractivity contribution is 5.92. The second kappa shape index (κ2) is 8.86. The van der Waals surface area contributed by atoms with E-state index in [2.05, 4.69) is 41.7 Å². The lowest BCUT2D eigenvalue weighted by Gasteiger charge is -2.38. The Kier molecular flexibility index (Phi) is 6.03. The predicted molar refractivity (Wildman–Crippen MR) is 120 cm³/mol. The minimum atomic E-state index is -0.820. The first-order chi connectivity index (χ1) is 14.6. The number of nitrogens with zero attached hydrogens (tertiary/aromatic N) is 1. The van der Waals surface area contributed by atoms with Crippen molar-refractivity contribution in [3.05, 3.63) is 72.3 Å². The molecule has 1 N–H and O–H groups in total. The maximum Gasteiger partial charge on any atom is 0.246 e. The Morgan fingerprint density at radius 3 is 2.60 bits per heavy atom. The summed E-state index contributed by atoms with van der Waals surface area (Å²) >= 11 is 0. The Hall–Kier alpha value is -2.88. The Bertz CT molecular complexity index is 937. The molecule has 0 aromatic heterocycles. The average Bonchev–Trinajstić information content (AvgIpc) is 3.44. The van der Waals surface area contributed by atoms with Crippen molar-refractivity contribution in [1.29, 1.82) is 0 Å². The number of carbonyl (C=O) groups excluding carboxylic acids is 2. The molecular weight excluding hydrogens is 372 g/mol. The first kappa shape index (κ1) is 20.4. The third kappa shape index (κ3) is 3.91. The molecule has 2 aromatic rings. The summed E-state index contributed by atoms with van der Waals surface area (Å²) in [6, 6.07) is 18.5. The molecule has 0 radical (unpaired) electrons. The van der Waals surface area contributed by atoms with Gasteiger partial charge in [-0.3, -0.25) is 9.59 Å². The van der Waals surface area contributed by atoms with Crippen molar-refractivity contribution in [3.8, 4) is 11.1 Å². The molecule has 4 heteroatoms. The van der Waals surface area contributed by atoms with E-state index < -0.39 is 5.54 Å². The second-order valence-corrected chi connectivity index (χ2v) is 8.43. The van der Waals surface area contributed by atoms with Crippen molar-refractivity contribution in [2.75, 3.05) is 13.6 Å². The first-order valence-electron chi connectivity index (χ1n) is 11.0. The molecule has 1 aliphatic carbocycles. The summed E-state index contributed by atoms with van der Waals surface area (Å²) in [5, 5.41) is 2.86. The van der Waals surface area contributed by atoms with E-state index in [-0.39, 0.29) is 11.8 Å². The number of hydrogen-bond donors (Lipinski definition) is 1. The van der Waals surface area contributed by atoms with Gasteiger partial charge in [-0.15, -0.1) is 0 Å². The minimum Gasteiger partial charge on any atom is -0.357 e. The minimum absolute atomic E-state index is 0.0572. The van der Waals surface area contributed by atoms with Crippen LogP contribution in [0.3, 0.4) is 0 Å². The van der Waals surface area contributed by atoms with Crippen molar-refractivity contribution in [2.24, 2.45) is 5.92 Å². The van der Waals surface area contributed by atoms with Gasteiger partial charge in [0.2, 0.25) is 11.8 Å². The van der Waals surface area contributed by atoms with Gasteiger partial charge >= 0.3 is 0 Å². The van der Waals surface area contributed by atoms with E-state index in [0.29, 0.717) is 31.7 Å². The summed E-state index contributed by atoms with van der Waals surface area (Å²) in [7, 11) is 1.67. The van der Waals surface area contributed by atoms with Gasteiger partial charge in [0.15, 0.2) is 0 Å². The van der Waals surface area contributed by atoms with Crippen LogP contribution >= 0.6 is 0 Å². The third-order valence-electron chi connectivity index (χ3n) is 6.57. The summed E-state index contributed by atoms with van der Waals surface area (Å²) < 4.78 is 0. The van der Waals surface area contributed by atoms with Crippen molar-refractivity contribution in [1.82, 2.24) is 10.2 Å². The molecular formula is C26H30N2O2. The number of nitrogens with one attached hydrogen (secondary N) is 1. The van der Waals surface area contributed by atoms with Gasteiger partial charge in [0.1, 0.15) is 5.54 Å². The van der Waals surface area contributed by atoms with Crippen LogP contribution in [0.5, 0.6) is 0 Å². The predicted octanol–water partition coefficient (Wildman–Crippen LogP) is 4.36. The molecule has 1 heterocycles. The number of benzene rings is 2. The Labute approximate surface area is 179 Å². The number of carbonyl (C=O) groups is 2. The first-order valence-corrected chi connectivity index (χ1v) is 11.0. The van der Waals surface area contributed by atoms with Gasteiger partial charge in [-0.2, -0.15) is 0 Å². The molecule has 2 unspecified atom stereocenters. The number of allylic oxidation sites excluding steroid dienone is 2. The van der Waals surface area contributed by atoms with Crippen LogP contribution in [0, 0.1) is 5.92 Å². The summed E-state index contributed by atoms with van der Waals surface area (Å²) in [5.41, 5.74) is 2.54. The van der Waals surface area contributed by atoms with E-state index in [1.165, 1.54) is 0 Å². The van der Waals surface area contributed by atoms with Gasteiger partial charge in [-0.05, 0) is 48.3 Å². The lowest BCUT2D eigenvalue weighted by atomic mass is 9.83. The van der Waals surface area contributed by atoms with Crippen LogP contribution in [0.1, 0.15) is 37.7 Å². The Morgan fingerprint density at radius 2 is 1.87 bits per heavy atom. The second-order valence-electron chi connectivity index (χ2n) is 8.43. The van der Waals surface area contributed by atoms with Crippen LogP contribution in [-0.2, 0) is 16.0 Å². The maximum absolute atomic E-state index is 13.3. The van der Waals surface area contributed by atoms with E-state index in [4.69, 9.17) is 0 Å². The molecule has 156 valence electrons. The lowest BCUT2D eigenvalue weighted by Crippen LogP contribution is -2.58. The van der Waals surface area contributed by atoms with Crippen molar-refractivity contribution in [3.63, 3.8) is 0 Å². The largest absolute Gasteiger partial charge is 0.357 e. The molecule has 1 fully saturated rings.